The summed E-state index contributed by atoms with van der Waals surface area (Å²) < 4.78 is 4.53. The van der Waals surface area contributed by atoms with E-state index >= 15 is 0 Å². The SMILES string of the molecule is COC(=O)[C@@H](C)NC(=O)CCC1CCNC1. The summed E-state index contributed by atoms with van der Waals surface area (Å²) in [4.78, 5) is 22.6. The molecular weight excluding hydrogens is 208 g/mol. The summed E-state index contributed by atoms with van der Waals surface area (Å²) in [6, 6.07) is -0.556. The molecule has 1 unspecified atom stereocenters. The lowest BCUT2D eigenvalue weighted by molar-refractivity contribution is -0.144. The van der Waals surface area contributed by atoms with E-state index in [1.165, 1.54) is 7.11 Å². The first-order valence-corrected chi connectivity index (χ1v) is 5.71. The Morgan fingerprint density at radius 1 is 1.56 bits per heavy atom. The second kappa shape index (κ2) is 6.48. The molecule has 2 atom stereocenters. The molecule has 0 aliphatic carbocycles. The summed E-state index contributed by atoms with van der Waals surface area (Å²) in [5.74, 6) is 0.111. The molecule has 0 bridgehead atoms. The molecule has 5 nitrogen and oxygen atoms in total. The smallest absolute Gasteiger partial charge is 0.328 e. The predicted molar refractivity (Wildman–Crippen MR) is 59.8 cm³/mol. The maximum absolute atomic E-state index is 11.5. The van der Waals surface area contributed by atoms with Gasteiger partial charge < -0.3 is 15.4 Å². The zero-order valence-corrected chi connectivity index (χ0v) is 9.91. The first-order valence-electron chi connectivity index (χ1n) is 5.71. The minimum absolute atomic E-state index is 0.0789. The molecule has 1 heterocycles. The number of nitrogens with one attached hydrogen (secondary N) is 2. The molecule has 1 fully saturated rings. The minimum Gasteiger partial charge on any atom is -0.467 e. The van der Waals surface area contributed by atoms with Gasteiger partial charge in [-0.2, -0.15) is 0 Å². The molecule has 16 heavy (non-hydrogen) atoms. The van der Waals surface area contributed by atoms with Crippen LogP contribution in [0.4, 0.5) is 0 Å². The fourth-order valence-corrected chi connectivity index (χ4v) is 1.85. The Balaban J connectivity index is 2.17. The molecule has 0 spiro atoms. The largest absolute Gasteiger partial charge is 0.467 e. The minimum atomic E-state index is -0.556. The zero-order valence-electron chi connectivity index (χ0n) is 9.91. The number of carbonyl (C=O) groups excluding carboxylic acids is 2. The highest BCUT2D eigenvalue weighted by Crippen LogP contribution is 2.13. The van der Waals surface area contributed by atoms with Gasteiger partial charge in [-0.3, -0.25) is 4.79 Å². The second-order valence-electron chi connectivity index (χ2n) is 4.21. The third kappa shape index (κ3) is 4.18. The van der Waals surface area contributed by atoms with Gasteiger partial charge in [0.25, 0.3) is 0 Å². The third-order valence-corrected chi connectivity index (χ3v) is 2.87. The van der Waals surface area contributed by atoms with Crippen molar-refractivity contribution in [3.63, 3.8) is 0 Å². The van der Waals surface area contributed by atoms with E-state index in [-0.39, 0.29) is 5.91 Å². The molecule has 5 heteroatoms. The van der Waals surface area contributed by atoms with Crippen molar-refractivity contribution in [1.82, 2.24) is 10.6 Å². The van der Waals surface area contributed by atoms with E-state index < -0.39 is 12.0 Å². The Kier molecular flexibility index (Phi) is 5.25. The van der Waals surface area contributed by atoms with Crippen molar-refractivity contribution in [2.75, 3.05) is 20.2 Å². The van der Waals surface area contributed by atoms with E-state index in [4.69, 9.17) is 0 Å². The maximum atomic E-state index is 11.5. The number of methoxy groups -OCH3 is 1. The van der Waals surface area contributed by atoms with Gasteiger partial charge >= 0.3 is 5.97 Å². The monoisotopic (exact) mass is 228 g/mol. The van der Waals surface area contributed by atoms with Gasteiger partial charge in [0.05, 0.1) is 7.11 Å². The van der Waals surface area contributed by atoms with Gasteiger partial charge in [-0.05, 0) is 38.8 Å². The third-order valence-electron chi connectivity index (χ3n) is 2.87. The number of ether oxygens (including phenoxy) is 1. The van der Waals surface area contributed by atoms with E-state index in [1.54, 1.807) is 6.92 Å². The van der Waals surface area contributed by atoms with Crippen molar-refractivity contribution in [2.24, 2.45) is 5.92 Å². The Morgan fingerprint density at radius 3 is 2.88 bits per heavy atom. The summed E-state index contributed by atoms with van der Waals surface area (Å²) in [7, 11) is 1.31. The molecule has 0 aromatic heterocycles. The number of hydrogen-bond donors (Lipinski definition) is 2. The normalized spacial score (nSPS) is 21.5. The maximum Gasteiger partial charge on any atom is 0.328 e. The van der Waals surface area contributed by atoms with E-state index in [2.05, 4.69) is 15.4 Å². The fourth-order valence-electron chi connectivity index (χ4n) is 1.85. The van der Waals surface area contributed by atoms with Crippen LogP contribution < -0.4 is 10.6 Å². The van der Waals surface area contributed by atoms with Gasteiger partial charge in [0.15, 0.2) is 0 Å². The van der Waals surface area contributed by atoms with Gasteiger partial charge in [0.2, 0.25) is 5.91 Å². The lowest BCUT2D eigenvalue weighted by Crippen LogP contribution is -2.39. The molecule has 0 aromatic carbocycles. The van der Waals surface area contributed by atoms with Crippen LogP contribution in [-0.2, 0) is 14.3 Å². The first kappa shape index (κ1) is 13.0. The van der Waals surface area contributed by atoms with E-state index in [0.29, 0.717) is 12.3 Å². The van der Waals surface area contributed by atoms with Crippen LogP contribution in [0.5, 0.6) is 0 Å². The zero-order chi connectivity index (χ0) is 12.0. The number of esters is 1. The van der Waals surface area contributed by atoms with Crippen molar-refractivity contribution in [2.45, 2.75) is 32.2 Å². The molecule has 92 valence electrons. The number of carbonyl (C=O) groups is 2. The molecule has 0 aromatic rings. The van der Waals surface area contributed by atoms with Crippen LogP contribution >= 0.6 is 0 Å². The van der Waals surface area contributed by atoms with Crippen molar-refractivity contribution in [3.8, 4) is 0 Å². The van der Waals surface area contributed by atoms with Gasteiger partial charge in [-0.1, -0.05) is 0 Å². The summed E-state index contributed by atoms with van der Waals surface area (Å²) in [5.41, 5.74) is 0. The highest BCUT2D eigenvalue weighted by atomic mass is 16.5. The molecule has 1 rings (SSSR count). The molecular formula is C11H20N2O3. The Bertz CT molecular complexity index is 250. The van der Waals surface area contributed by atoms with Crippen molar-refractivity contribution < 1.29 is 14.3 Å². The predicted octanol–water partition coefficient (Wildman–Crippen LogP) is 0.0538. The van der Waals surface area contributed by atoms with Crippen molar-refractivity contribution >= 4 is 11.9 Å². The van der Waals surface area contributed by atoms with Crippen LogP contribution in [0.3, 0.4) is 0 Å². The van der Waals surface area contributed by atoms with E-state index in [0.717, 1.165) is 25.9 Å². The highest BCUT2D eigenvalue weighted by molar-refractivity contribution is 5.83. The average molecular weight is 228 g/mol. The van der Waals surface area contributed by atoms with Gasteiger partial charge in [0.1, 0.15) is 6.04 Å². The Morgan fingerprint density at radius 2 is 2.31 bits per heavy atom. The molecule has 0 radical (unpaired) electrons. The lowest BCUT2D eigenvalue weighted by atomic mass is 10.0. The summed E-state index contributed by atoms with van der Waals surface area (Å²) in [5, 5.41) is 5.88. The summed E-state index contributed by atoms with van der Waals surface area (Å²) in [6.07, 6.45) is 2.50. The molecule has 1 saturated heterocycles. The molecule has 1 aliphatic rings. The molecule has 2 N–H and O–H groups in total. The van der Waals surface area contributed by atoms with Gasteiger partial charge in [-0.25, -0.2) is 4.79 Å². The first-order chi connectivity index (χ1) is 7.63. The van der Waals surface area contributed by atoms with Crippen LogP contribution in [0.15, 0.2) is 0 Å². The summed E-state index contributed by atoms with van der Waals surface area (Å²) >= 11 is 0. The average Bonchev–Trinajstić information content (AvgIpc) is 2.78. The van der Waals surface area contributed by atoms with E-state index in [9.17, 15) is 9.59 Å². The van der Waals surface area contributed by atoms with Crippen molar-refractivity contribution in [3.05, 3.63) is 0 Å². The summed E-state index contributed by atoms with van der Waals surface area (Å²) in [6.45, 7) is 3.67. The van der Waals surface area contributed by atoms with Crippen molar-refractivity contribution in [1.29, 1.82) is 0 Å². The topological polar surface area (TPSA) is 67.4 Å². The Labute approximate surface area is 95.9 Å². The van der Waals surface area contributed by atoms with E-state index in [1.807, 2.05) is 0 Å². The molecule has 1 aliphatic heterocycles. The van der Waals surface area contributed by atoms with Crippen LogP contribution in [0, 0.1) is 5.92 Å². The quantitative estimate of drug-likeness (QED) is 0.653. The molecule has 0 saturated carbocycles. The lowest BCUT2D eigenvalue weighted by Gasteiger charge is -2.12. The highest BCUT2D eigenvalue weighted by Gasteiger charge is 2.18. The second-order valence-corrected chi connectivity index (χ2v) is 4.21. The van der Waals surface area contributed by atoms with Gasteiger partial charge in [-0.15, -0.1) is 0 Å². The number of hydrogen-bond acceptors (Lipinski definition) is 4. The number of rotatable bonds is 5. The fraction of sp³-hybridized carbons (Fsp3) is 0.818. The van der Waals surface area contributed by atoms with Crippen LogP contribution in [0.2, 0.25) is 0 Å². The van der Waals surface area contributed by atoms with Gasteiger partial charge in [0, 0.05) is 6.42 Å². The van der Waals surface area contributed by atoms with Crippen LogP contribution in [0.25, 0.3) is 0 Å². The van der Waals surface area contributed by atoms with Crippen LogP contribution in [0.1, 0.15) is 26.2 Å². The number of amides is 1. The molecule has 1 amide bonds. The standard InChI is InChI=1S/C11H20N2O3/c1-8(11(15)16-2)13-10(14)4-3-9-5-6-12-7-9/h8-9,12H,3-7H2,1-2H3,(H,13,14)/t8-,9?/m1/s1. The Hall–Kier alpha value is -1.10. The van der Waals surface area contributed by atoms with Crippen LogP contribution in [-0.4, -0.2) is 38.1 Å².